The van der Waals surface area contributed by atoms with Gasteiger partial charge in [-0.2, -0.15) is 0 Å². The van der Waals surface area contributed by atoms with Gasteiger partial charge in [0.15, 0.2) is 16.7 Å². The van der Waals surface area contributed by atoms with Gasteiger partial charge in [0.25, 0.3) is 5.91 Å². The van der Waals surface area contributed by atoms with Crippen molar-refractivity contribution in [1.82, 2.24) is 4.90 Å². The van der Waals surface area contributed by atoms with Crippen molar-refractivity contribution >= 4 is 40.5 Å². The van der Waals surface area contributed by atoms with Crippen molar-refractivity contribution in [3.8, 4) is 11.5 Å². The van der Waals surface area contributed by atoms with Gasteiger partial charge in [-0.15, -0.1) is 0 Å². The highest BCUT2D eigenvalue weighted by Crippen LogP contribution is 2.35. The van der Waals surface area contributed by atoms with Crippen molar-refractivity contribution < 1.29 is 14.3 Å². The van der Waals surface area contributed by atoms with E-state index in [0.29, 0.717) is 41.1 Å². The fourth-order valence-electron chi connectivity index (χ4n) is 2.86. The van der Waals surface area contributed by atoms with E-state index in [-0.39, 0.29) is 5.91 Å². The number of nitrogens with zero attached hydrogens (tertiary/aromatic N) is 2. The molecule has 3 rings (SSSR count). The lowest BCUT2D eigenvalue weighted by atomic mass is 10.1. The average Bonchev–Trinajstić information content (AvgIpc) is 3.02. The molecule has 0 radical (unpaired) electrons. The quantitative estimate of drug-likeness (QED) is 0.563. The maximum absolute atomic E-state index is 12.6. The molecule has 0 aliphatic carbocycles. The van der Waals surface area contributed by atoms with Gasteiger partial charge in [0, 0.05) is 23.7 Å². The molecule has 2 aromatic carbocycles. The highest BCUT2D eigenvalue weighted by molar-refractivity contribution is 8.18. The molecule has 1 saturated heterocycles. The molecule has 1 fully saturated rings. The Morgan fingerprint density at radius 1 is 1.17 bits per heavy atom. The molecule has 0 unspecified atom stereocenters. The van der Waals surface area contributed by atoms with Gasteiger partial charge in [0.2, 0.25) is 0 Å². The Balaban J connectivity index is 1.80. The van der Waals surface area contributed by atoms with Crippen molar-refractivity contribution in [2.24, 2.45) is 4.99 Å². The first kappa shape index (κ1) is 21.3. The molecule has 7 heteroatoms. The number of likely N-dealkylation sites (N-methyl/N-ethyl adjacent to an activating group) is 1. The molecule has 0 atom stereocenters. The third-order valence-electron chi connectivity index (χ3n) is 4.32. The van der Waals surface area contributed by atoms with Crippen molar-refractivity contribution in [2.75, 3.05) is 20.2 Å². The first-order valence-electron chi connectivity index (χ1n) is 9.37. The van der Waals surface area contributed by atoms with Crippen LogP contribution in [0.25, 0.3) is 6.08 Å². The average molecular weight is 431 g/mol. The molecule has 1 heterocycles. The number of ether oxygens (including phenoxy) is 2. The minimum absolute atomic E-state index is 0.0253. The number of rotatable bonds is 7. The summed E-state index contributed by atoms with van der Waals surface area (Å²) in [5.74, 6) is 1.18. The fraction of sp³-hybridized carbons (Fsp3) is 0.273. The zero-order chi connectivity index (χ0) is 20.8. The van der Waals surface area contributed by atoms with E-state index in [9.17, 15) is 4.79 Å². The molecule has 1 aliphatic heterocycles. The van der Waals surface area contributed by atoms with Gasteiger partial charge >= 0.3 is 0 Å². The van der Waals surface area contributed by atoms with E-state index in [0.717, 1.165) is 16.3 Å². The van der Waals surface area contributed by atoms with E-state index in [1.807, 2.05) is 62.4 Å². The van der Waals surface area contributed by atoms with Crippen molar-refractivity contribution in [2.45, 2.75) is 20.5 Å². The summed E-state index contributed by atoms with van der Waals surface area (Å²) in [5.41, 5.74) is 1.76. The summed E-state index contributed by atoms with van der Waals surface area (Å²) in [6, 6.07) is 13.1. The number of benzene rings is 2. The third kappa shape index (κ3) is 4.95. The van der Waals surface area contributed by atoms with Crippen LogP contribution in [-0.4, -0.2) is 36.2 Å². The summed E-state index contributed by atoms with van der Waals surface area (Å²) in [6.45, 7) is 5.48. The van der Waals surface area contributed by atoms with Crippen LogP contribution in [0.5, 0.6) is 11.5 Å². The van der Waals surface area contributed by atoms with Gasteiger partial charge in [0.05, 0.1) is 12.0 Å². The van der Waals surface area contributed by atoms with E-state index in [4.69, 9.17) is 21.1 Å². The van der Waals surface area contributed by atoms with E-state index in [1.165, 1.54) is 11.8 Å². The summed E-state index contributed by atoms with van der Waals surface area (Å²) in [7, 11) is 1.59. The van der Waals surface area contributed by atoms with E-state index < -0.39 is 0 Å². The summed E-state index contributed by atoms with van der Waals surface area (Å²) in [6.07, 6.45) is 1.86. The van der Waals surface area contributed by atoms with Gasteiger partial charge in [-0.05, 0) is 55.4 Å². The highest BCUT2D eigenvalue weighted by Gasteiger charge is 2.31. The standard InChI is InChI=1S/C22H23ClN2O3S/c1-4-24-22-25(5-2)21(26)20(29-22)13-15-10-11-18(19(12-15)27-3)28-14-16-8-6-7-9-17(16)23/h6-13H,4-5,14H2,1-3H3/b20-13-,24-22?. The SMILES string of the molecule is CCN=C1S/C(=C\c2ccc(OCc3ccccc3Cl)c(OC)c2)C(=O)N1CC. The number of hydrogen-bond acceptors (Lipinski definition) is 5. The minimum Gasteiger partial charge on any atom is -0.493 e. The van der Waals surface area contributed by atoms with Crippen LogP contribution < -0.4 is 9.47 Å². The first-order valence-corrected chi connectivity index (χ1v) is 10.6. The van der Waals surface area contributed by atoms with Crippen LogP contribution in [-0.2, 0) is 11.4 Å². The van der Waals surface area contributed by atoms with Crippen molar-refractivity contribution in [1.29, 1.82) is 0 Å². The third-order valence-corrected chi connectivity index (χ3v) is 5.74. The maximum atomic E-state index is 12.6. The molecule has 0 aromatic heterocycles. The number of amidine groups is 1. The monoisotopic (exact) mass is 430 g/mol. The van der Waals surface area contributed by atoms with Crippen LogP contribution in [0.2, 0.25) is 5.02 Å². The Hall–Kier alpha value is -2.44. The lowest BCUT2D eigenvalue weighted by Gasteiger charge is -2.12. The van der Waals surface area contributed by atoms with Gasteiger partial charge in [0.1, 0.15) is 6.61 Å². The molecule has 5 nitrogen and oxygen atoms in total. The van der Waals surface area contributed by atoms with Gasteiger partial charge in [-0.25, -0.2) is 0 Å². The number of methoxy groups -OCH3 is 1. The molecule has 0 saturated carbocycles. The Kier molecular flexibility index (Phi) is 7.23. The summed E-state index contributed by atoms with van der Waals surface area (Å²) in [4.78, 5) is 19.4. The lowest BCUT2D eigenvalue weighted by Crippen LogP contribution is -2.28. The normalized spacial score (nSPS) is 16.7. The number of thioether (sulfide) groups is 1. The van der Waals surface area contributed by atoms with E-state index in [2.05, 4.69) is 4.99 Å². The van der Waals surface area contributed by atoms with Crippen molar-refractivity contribution in [3.63, 3.8) is 0 Å². The second kappa shape index (κ2) is 9.85. The van der Waals surface area contributed by atoms with Crippen LogP contribution in [0.1, 0.15) is 25.0 Å². The Labute approximate surface area is 180 Å². The summed E-state index contributed by atoms with van der Waals surface area (Å²) < 4.78 is 11.4. The number of halogens is 1. The molecule has 0 spiro atoms. The Morgan fingerprint density at radius 2 is 1.97 bits per heavy atom. The smallest absolute Gasteiger partial charge is 0.266 e. The second-order valence-electron chi connectivity index (χ2n) is 6.21. The van der Waals surface area contributed by atoms with Gasteiger partial charge in [-0.3, -0.25) is 14.7 Å². The minimum atomic E-state index is -0.0253. The molecule has 2 aromatic rings. The van der Waals surface area contributed by atoms with Crippen LogP contribution >= 0.6 is 23.4 Å². The first-order chi connectivity index (χ1) is 14.1. The van der Waals surface area contributed by atoms with Gasteiger partial charge in [-0.1, -0.05) is 35.9 Å². The fourth-order valence-corrected chi connectivity index (χ4v) is 4.15. The number of aliphatic imine (C=N–C) groups is 1. The molecule has 29 heavy (non-hydrogen) atoms. The van der Waals surface area contributed by atoms with Gasteiger partial charge < -0.3 is 9.47 Å². The molecule has 1 aliphatic rings. The lowest BCUT2D eigenvalue weighted by molar-refractivity contribution is -0.122. The Morgan fingerprint density at radius 3 is 2.66 bits per heavy atom. The van der Waals surface area contributed by atoms with Crippen LogP contribution in [0.15, 0.2) is 52.4 Å². The summed E-state index contributed by atoms with van der Waals surface area (Å²) >= 11 is 7.59. The largest absolute Gasteiger partial charge is 0.493 e. The van der Waals surface area contributed by atoms with E-state index >= 15 is 0 Å². The topological polar surface area (TPSA) is 51.1 Å². The van der Waals surface area contributed by atoms with Crippen molar-refractivity contribution in [3.05, 3.63) is 63.5 Å². The predicted octanol–water partition coefficient (Wildman–Crippen LogP) is 5.24. The number of carbonyl (C=O) groups is 1. The molecule has 152 valence electrons. The number of amides is 1. The predicted molar refractivity (Wildman–Crippen MR) is 120 cm³/mol. The maximum Gasteiger partial charge on any atom is 0.266 e. The van der Waals surface area contributed by atoms with E-state index in [1.54, 1.807) is 12.0 Å². The molecular formula is C22H23ClN2O3S. The molecule has 1 amide bonds. The molecule has 0 N–H and O–H groups in total. The highest BCUT2D eigenvalue weighted by atomic mass is 35.5. The number of hydrogen-bond donors (Lipinski definition) is 0. The Bertz CT molecular complexity index is 959. The zero-order valence-electron chi connectivity index (χ0n) is 16.6. The van der Waals surface area contributed by atoms with Crippen LogP contribution in [0, 0.1) is 0 Å². The van der Waals surface area contributed by atoms with Crippen LogP contribution in [0.4, 0.5) is 0 Å². The van der Waals surface area contributed by atoms with Crippen LogP contribution in [0.3, 0.4) is 0 Å². The zero-order valence-corrected chi connectivity index (χ0v) is 18.2. The molecular weight excluding hydrogens is 408 g/mol. The molecule has 0 bridgehead atoms. The summed E-state index contributed by atoms with van der Waals surface area (Å²) in [5, 5.41) is 1.41. The number of carbonyl (C=O) groups excluding carboxylic acids is 1. The second-order valence-corrected chi connectivity index (χ2v) is 7.62.